The van der Waals surface area contributed by atoms with Crippen molar-refractivity contribution >= 4 is 5.91 Å². The van der Waals surface area contributed by atoms with Crippen LogP contribution in [0.3, 0.4) is 0 Å². The summed E-state index contributed by atoms with van der Waals surface area (Å²) >= 11 is 0. The zero-order chi connectivity index (χ0) is 42.3. The van der Waals surface area contributed by atoms with E-state index in [9.17, 15) is 20.1 Å². The Hall–Kier alpha value is -1.43. The maximum Gasteiger partial charge on any atom is 0.249 e. The molecule has 4 N–H and O–H groups in total. The van der Waals surface area contributed by atoms with Gasteiger partial charge < -0.3 is 20.6 Å². The van der Waals surface area contributed by atoms with Gasteiger partial charge in [-0.05, 0) is 44.9 Å². The van der Waals surface area contributed by atoms with E-state index in [4.69, 9.17) is 0 Å². The highest BCUT2D eigenvalue weighted by molar-refractivity contribution is 5.80. The molecule has 0 aromatic rings. The van der Waals surface area contributed by atoms with Gasteiger partial charge in [-0.15, -0.1) is 0 Å². The number of aliphatic hydroxyl groups is 3. The molecule has 0 aliphatic heterocycles. The minimum absolute atomic E-state index is 0.379. The molecule has 0 aromatic heterocycles. The Morgan fingerprint density at radius 3 is 1.05 bits per heavy atom. The summed E-state index contributed by atoms with van der Waals surface area (Å²) in [5, 5.41) is 33.2. The standard InChI is InChI=1S/C53H101NO4/c1-3-5-7-9-11-13-15-17-19-21-23-24-25-26-27-28-30-32-34-36-38-40-42-44-46-48-52(57)53(58)54-50(49-55)51(56)47-45-43-41-39-37-35-33-31-29-22-20-18-16-14-12-10-8-6-4-2/h29,31,37,39,45,47,50-52,55-57H,3-28,30,32-36,38,40-44,46,48-49H2,1-2H3,(H,54,58)/b31-29+,39-37+,47-45+. The molecule has 5 nitrogen and oxygen atoms in total. The van der Waals surface area contributed by atoms with Gasteiger partial charge in [0.05, 0.1) is 18.8 Å². The summed E-state index contributed by atoms with van der Waals surface area (Å²) in [5.74, 6) is -0.513. The van der Waals surface area contributed by atoms with E-state index in [0.717, 1.165) is 44.9 Å². The van der Waals surface area contributed by atoms with Gasteiger partial charge in [0.1, 0.15) is 6.10 Å². The Morgan fingerprint density at radius 2 is 0.707 bits per heavy atom. The van der Waals surface area contributed by atoms with Crippen LogP contribution in [-0.2, 0) is 4.79 Å². The average molecular weight is 816 g/mol. The number of carbonyl (C=O) groups excluding carboxylic acids is 1. The van der Waals surface area contributed by atoms with E-state index in [1.165, 1.54) is 205 Å². The molecule has 1 amide bonds. The van der Waals surface area contributed by atoms with Crippen molar-refractivity contribution in [3.05, 3.63) is 36.5 Å². The van der Waals surface area contributed by atoms with Crippen LogP contribution in [-0.4, -0.2) is 46.1 Å². The summed E-state index contributed by atoms with van der Waals surface area (Å²) < 4.78 is 0. The van der Waals surface area contributed by atoms with Gasteiger partial charge in [0.15, 0.2) is 0 Å². The van der Waals surface area contributed by atoms with Crippen LogP contribution in [0.5, 0.6) is 0 Å². The third-order valence-corrected chi connectivity index (χ3v) is 12.0. The van der Waals surface area contributed by atoms with Crippen molar-refractivity contribution in [1.29, 1.82) is 0 Å². The maximum atomic E-state index is 12.5. The van der Waals surface area contributed by atoms with Crippen molar-refractivity contribution in [2.75, 3.05) is 6.61 Å². The molecule has 3 atom stereocenters. The monoisotopic (exact) mass is 816 g/mol. The first-order valence-corrected chi connectivity index (χ1v) is 25.8. The minimum atomic E-state index is -1.11. The molecule has 0 spiro atoms. The third-order valence-electron chi connectivity index (χ3n) is 12.0. The van der Waals surface area contributed by atoms with E-state index in [1.807, 2.05) is 6.08 Å². The zero-order valence-corrected chi connectivity index (χ0v) is 38.9. The van der Waals surface area contributed by atoms with E-state index in [0.29, 0.717) is 6.42 Å². The molecule has 3 unspecified atom stereocenters. The van der Waals surface area contributed by atoms with Gasteiger partial charge in [0.25, 0.3) is 0 Å². The van der Waals surface area contributed by atoms with Gasteiger partial charge in [-0.2, -0.15) is 0 Å². The fraction of sp³-hybridized carbons (Fsp3) is 0.868. The van der Waals surface area contributed by atoms with Crippen LogP contribution >= 0.6 is 0 Å². The molecule has 0 aliphatic rings. The number of hydrogen-bond acceptors (Lipinski definition) is 4. The quantitative estimate of drug-likeness (QED) is 0.0364. The first kappa shape index (κ1) is 56.6. The van der Waals surface area contributed by atoms with Gasteiger partial charge in [-0.25, -0.2) is 0 Å². The molecule has 58 heavy (non-hydrogen) atoms. The Balaban J connectivity index is 3.63. The van der Waals surface area contributed by atoms with E-state index >= 15 is 0 Å². The first-order valence-electron chi connectivity index (χ1n) is 25.8. The highest BCUT2D eigenvalue weighted by Crippen LogP contribution is 2.17. The summed E-state index contributed by atoms with van der Waals surface area (Å²) in [7, 11) is 0. The topological polar surface area (TPSA) is 89.8 Å². The van der Waals surface area contributed by atoms with Crippen molar-refractivity contribution in [2.24, 2.45) is 0 Å². The van der Waals surface area contributed by atoms with Crippen LogP contribution < -0.4 is 5.32 Å². The Morgan fingerprint density at radius 1 is 0.414 bits per heavy atom. The smallest absolute Gasteiger partial charge is 0.249 e. The number of carbonyl (C=O) groups is 1. The average Bonchev–Trinajstić information content (AvgIpc) is 3.23. The number of unbranched alkanes of at least 4 members (excludes halogenated alkanes) is 35. The highest BCUT2D eigenvalue weighted by atomic mass is 16.3. The molecule has 0 fully saturated rings. The second-order valence-corrected chi connectivity index (χ2v) is 17.7. The van der Waals surface area contributed by atoms with Gasteiger partial charge >= 0.3 is 0 Å². The second-order valence-electron chi connectivity index (χ2n) is 17.7. The van der Waals surface area contributed by atoms with Crippen LogP contribution in [0.4, 0.5) is 0 Å². The van der Waals surface area contributed by atoms with E-state index in [1.54, 1.807) is 6.08 Å². The lowest BCUT2D eigenvalue weighted by Gasteiger charge is -2.21. The summed E-state index contributed by atoms with van der Waals surface area (Å²) in [6.45, 7) is 4.19. The van der Waals surface area contributed by atoms with Crippen LogP contribution in [0, 0.1) is 0 Å². The van der Waals surface area contributed by atoms with E-state index in [-0.39, 0.29) is 6.61 Å². The van der Waals surface area contributed by atoms with Crippen molar-refractivity contribution < 1.29 is 20.1 Å². The highest BCUT2D eigenvalue weighted by Gasteiger charge is 2.22. The van der Waals surface area contributed by atoms with Gasteiger partial charge in [-0.3, -0.25) is 4.79 Å². The molecule has 342 valence electrons. The van der Waals surface area contributed by atoms with Crippen molar-refractivity contribution in [3.63, 3.8) is 0 Å². The minimum Gasteiger partial charge on any atom is -0.394 e. The van der Waals surface area contributed by atoms with Crippen molar-refractivity contribution in [3.8, 4) is 0 Å². The molecule has 0 heterocycles. The SMILES string of the molecule is CCCCCCCCCCC/C=C/CC/C=C/CC/C=C/C(O)C(CO)NC(=O)C(O)CCCCCCCCCCCCCCCCCCCCCCCCCCC. The Labute approximate surface area is 362 Å². The Kier molecular flexibility index (Phi) is 47.0. The van der Waals surface area contributed by atoms with Gasteiger partial charge in [-0.1, -0.05) is 262 Å². The summed E-state index contributed by atoms with van der Waals surface area (Å²) in [4.78, 5) is 12.5. The maximum absolute atomic E-state index is 12.5. The molecular formula is C53H101NO4. The molecule has 5 heteroatoms. The van der Waals surface area contributed by atoms with E-state index < -0.39 is 24.2 Å². The molecule has 0 bridgehead atoms. The number of allylic oxidation sites excluding steroid dienone is 5. The summed E-state index contributed by atoms with van der Waals surface area (Å²) in [5.41, 5.74) is 0. The number of hydrogen-bond donors (Lipinski definition) is 4. The van der Waals surface area contributed by atoms with Crippen LogP contribution in [0.2, 0.25) is 0 Å². The lowest BCUT2D eigenvalue weighted by molar-refractivity contribution is -0.131. The number of rotatable bonds is 47. The predicted octanol–water partition coefficient (Wildman–Crippen LogP) is 15.5. The molecule has 0 aromatic carbocycles. The van der Waals surface area contributed by atoms with Crippen LogP contribution in [0.1, 0.15) is 271 Å². The molecular weight excluding hydrogens is 715 g/mol. The van der Waals surface area contributed by atoms with Gasteiger partial charge in [0.2, 0.25) is 5.91 Å². The molecule has 0 saturated carbocycles. The van der Waals surface area contributed by atoms with Crippen molar-refractivity contribution in [2.45, 2.75) is 289 Å². The Bertz CT molecular complexity index is 901. The first-order chi connectivity index (χ1) is 28.6. The molecule has 0 saturated heterocycles. The summed E-state index contributed by atoms with van der Waals surface area (Å²) in [6.07, 6.45) is 62.1. The molecule has 0 radical (unpaired) electrons. The van der Waals surface area contributed by atoms with Crippen molar-refractivity contribution in [1.82, 2.24) is 5.32 Å². The fourth-order valence-corrected chi connectivity index (χ4v) is 7.92. The predicted molar refractivity (Wildman–Crippen MR) is 254 cm³/mol. The fourth-order valence-electron chi connectivity index (χ4n) is 7.92. The molecule has 0 rings (SSSR count). The zero-order valence-electron chi connectivity index (χ0n) is 38.9. The largest absolute Gasteiger partial charge is 0.394 e. The lowest BCUT2D eigenvalue weighted by Crippen LogP contribution is -2.48. The second kappa shape index (κ2) is 48.2. The van der Waals surface area contributed by atoms with Crippen LogP contribution in [0.25, 0.3) is 0 Å². The number of aliphatic hydroxyl groups excluding tert-OH is 3. The number of nitrogens with one attached hydrogen (secondary N) is 1. The van der Waals surface area contributed by atoms with E-state index in [2.05, 4.69) is 43.5 Å². The molecule has 0 aliphatic carbocycles. The summed E-state index contributed by atoms with van der Waals surface area (Å²) in [6, 6.07) is -0.819. The van der Waals surface area contributed by atoms with Gasteiger partial charge in [0, 0.05) is 0 Å². The normalized spacial score (nSPS) is 13.7. The number of amides is 1. The third kappa shape index (κ3) is 42.7. The van der Waals surface area contributed by atoms with Crippen LogP contribution in [0.15, 0.2) is 36.5 Å². The lowest BCUT2D eigenvalue weighted by atomic mass is 10.0.